The lowest BCUT2D eigenvalue weighted by atomic mass is 10.2. The minimum Gasteiger partial charge on any atom is -0.389 e. The molecule has 1 atom stereocenters. The number of ether oxygens (including phenoxy) is 2. The lowest BCUT2D eigenvalue weighted by Crippen LogP contribution is -2.48. The summed E-state index contributed by atoms with van der Waals surface area (Å²) in [5.74, 6) is 0. The van der Waals surface area contributed by atoms with Crippen LogP contribution in [0.4, 0.5) is 0 Å². The molecule has 0 radical (unpaired) electrons. The van der Waals surface area contributed by atoms with Gasteiger partial charge in [0, 0.05) is 11.6 Å². The second-order valence-corrected chi connectivity index (χ2v) is 4.81. The predicted octanol–water partition coefficient (Wildman–Crippen LogP) is 1.21. The Hall–Kier alpha value is -0.650. The third kappa shape index (κ3) is 4.23. The molecule has 100 valence electrons. The average molecular weight is 272 g/mol. The standard InChI is InChI=1S/C13H18ClNO3/c14-13-4-2-1-3-10(13)6-17-9-12(16)5-15-11-7-18-8-11/h1-4,11-12,15-16H,5-9H2. The smallest absolute Gasteiger partial charge is 0.0897 e. The minimum atomic E-state index is -0.506. The van der Waals surface area contributed by atoms with Crippen molar-refractivity contribution < 1.29 is 14.6 Å². The summed E-state index contributed by atoms with van der Waals surface area (Å²) in [6.07, 6.45) is -0.506. The number of hydrogen-bond acceptors (Lipinski definition) is 4. The van der Waals surface area contributed by atoms with Crippen LogP contribution in [0.1, 0.15) is 5.56 Å². The molecule has 0 aliphatic carbocycles. The summed E-state index contributed by atoms with van der Waals surface area (Å²) < 4.78 is 10.5. The van der Waals surface area contributed by atoms with Crippen LogP contribution in [0, 0.1) is 0 Å². The Balaban J connectivity index is 1.60. The fourth-order valence-electron chi connectivity index (χ4n) is 1.64. The Morgan fingerprint density at radius 2 is 2.22 bits per heavy atom. The van der Waals surface area contributed by atoms with Crippen molar-refractivity contribution in [3.05, 3.63) is 34.9 Å². The van der Waals surface area contributed by atoms with E-state index in [0.717, 1.165) is 18.8 Å². The van der Waals surface area contributed by atoms with E-state index in [1.54, 1.807) is 0 Å². The molecule has 1 unspecified atom stereocenters. The van der Waals surface area contributed by atoms with Crippen LogP contribution in [0.25, 0.3) is 0 Å². The monoisotopic (exact) mass is 271 g/mol. The summed E-state index contributed by atoms with van der Waals surface area (Å²) in [5, 5.41) is 13.6. The third-order valence-corrected chi connectivity index (χ3v) is 3.17. The number of hydrogen-bond donors (Lipinski definition) is 2. The fraction of sp³-hybridized carbons (Fsp3) is 0.538. The van der Waals surface area contributed by atoms with Crippen LogP contribution in [0.15, 0.2) is 24.3 Å². The Bertz CT molecular complexity index is 371. The van der Waals surface area contributed by atoms with E-state index in [-0.39, 0.29) is 0 Å². The van der Waals surface area contributed by atoms with Crippen LogP contribution in [-0.2, 0) is 16.1 Å². The van der Waals surface area contributed by atoms with Gasteiger partial charge in [-0.15, -0.1) is 0 Å². The zero-order chi connectivity index (χ0) is 12.8. The Morgan fingerprint density at radius 1 is 1.44 bits per heavy atom. The first-order valence-electron chi connectivity index (χ1n) is 6.06. The Morgan fingerprint density at radius 3 is 2.89 bits per heavy atom. The van der Waals surface area contributed by atoms with E-state index in [2.05, 4.69) is 5.32 Å². The van der Waals surface area contributed by atoms with Gasteiger partial charge in [0.2, 0.25) is 0 Å². The van der Waals surface area contributed by atoms with E-state index >= 15 is 0 Å². The highest BCUT2D eigenvalue weighted by Crippen LogP contribution is 2.15. The van der Waals surface area contributed by atoms with Gasteiger partial charge in [-0.25, -0.2) is 0 Å². The summed E-state index contributed by atoms with van der Waals surface area (Å²) >= 11 is 6.00. The quantitative estimate of drug-likeness (QED) is 0.783. The van der Waals surface area contributed by atoms with Crippen molar-refractivity contribution in [3.8, 4) is 0 Å². The molecule has 1 heterocycles. The van der Waals surface area contributed by atoms with E-state index in [1.807, 2.05) is 24.3 Å². The number of aliphatic hydroxyl groups is 1. The largest absolute Gasteiger partial charge is 0.389 e. The van der Waals surface area contributed by atoms with Gasteiger partial charge >= 0.3 is 0 Å². The zero-order valence-electron chi connectivity index (χ0n) is 10.1. The molecule has 0 spiro atoms. The van der Waals surface area contributed by atoms with E-state index < -0.39 is 6.10 Å². The molecule has 1 fully saturated rings. The molecule has 1 aromatic carbocycles. The summed E-state index contributed by atoms with van der Waals surface area (Å²) in [6.45, 7) is 2.70. The molecule has 2 N–H and O–H groups in total. The summed E-state index contributed by atoms with van der Waals surface area (Å²) in [5.41, 5.74) is 0.937. The second-order valence-electron chi connectivity index (χ2n) is 4.40. The van der Waals surface area contributed by atoms with Crippen molar-refractivity contribution in [2.45, 2.75) is 18.8 Å². The van der Waals surface area contributed by atoms with E-state index in [0.29, 0.717) is 30.8 Å². The first kappa shape index (κ1) is 13.8. The molecule has 4 nitrogen and oxygen atoms in total. The molecule has 0 bridgehead atoms. The first-order chi connectivity index (χ1) is 8.75. The first-order valence-corrected chi connectivity index (χ1v) is 6.44. The van der Waals surface area contributed by atoms with Crippen molar-refractivity contribution in [3.63, 3.8) is 0 Å². The topological polar surface area (TPSA) is 50.7 Å². The van der Waals surface area contributed by atoms with Gasteiger partial charge in [-0.1, -0.05) is 29.8 Å². The van der Waals surface area contributed by atoms with Crippen molar-refractivity contribution in [2.24, 2.45) is 0 Å². The van der Waals surface area contributed by atoms with Crippen molar-refractivity contribution in [1.29, 1.82) is 0 Å². The highest BCUT2D eigenvalue weighted by atomic mass is 35.5. The number of benzene rings is 1. The van der Waals surface area contributed by atoms with E-state index in [4.69, 9.17) is 21.1 Å². The molecular weight excluding hydrogens is 254 g/mol. The van der Waals surface area contributed by atoms with Crippen LogP contribution in [0.3, 0.4) is 0 Å². The van der Waals surface area contributed by atoms with Gasteiger partial charge < -0.3 is 19.9 Å². The van der Waals surface area contributed by atoms with Crippen LogP contribution in [0.2, 0.25) is 5.02 Å². The van der Waals surface area contributed by atoms with Gasteiger partial charge in [-0.05, 0) is 11.6 Å². The van der Waals surface area contributed by atoms with Crippen LogP contribution < -0.4 is 5.32 Å². The molecule has 1 aromatic rings. The van der Waals surface area contributed by atoms with Gasteiger partial charge in [0.1, 0.15) is 0 Å². The molecule has 5 heteroatoms. The molecular formula is C13H18ClNO3. The fourth-order valence-corrected chi connectivity index (χ4v) is 1.83. The third-order valence-electron chi connectivity index (χ3n) is 2.81. The molecule has 1 aliphatic heterocycles. The lowest BCUT2D eigenvalue weighted by molar-refractivity contribution is -0.0182. The highest BCUT2D eigenvalue weighted by molar-refractivity contribution is 6.31. The Labute approximate surface area is 112 Å². The van der Waals surface area contributed by atoms with Gasteiger partial charge in [-0.3, -0.25) is 0 Å². The molecule has 1 aliphatic rings. The van der Waals surface area contributed by atoms with Crippen LogP contribution in [0.5, 0.6) is 0 Å². The molecule has 1 saturated heterocycles. The molecule has 0 amide bonds. The van der Waals surface area contributed by atoms with Crippen molar-refractivity contribution in [2.75, 3.05) is 26.4 Å². The van der Waals surface area contributed by atoms with E-state index in [1.165, 1.54) is 0 Å². The predicted molar refractivity (Wildman–Crippen MR) is 69.7 cm³/mol. The van der Waals surface area contributed by atoms with Gasteiger partial charge in [0.05, 0.1) is 38.6 Å². The van der Waals surface area contributed by atoms with Crippen molar-refractivity contribution >= 4 is 11.6 Å². The van der Waals surface area contributed by atoms with Gasteiger partial charge in [0.15, 0.2) is 0 Å². The highest BCUT2D eigenvalue weighted by Gasteiger charge is 2.18. The maximum Gasteiger partial charge on any atom is 0.0897 e. The minimum absolute atomic E-state index is 0.297. The number of nitrogens with one attached hydrogen (secondary N) is 1. The maximum absolute atomic E-state index is 9.70. The normalized spacial score (nSPS) is 17.4. The molecule has 0 aromatic heterocycles. The molecule has 2 rings (SSSR count). The van der Waals surface area contributed by atoms with Crippen LogP contribution >= 0.6 is 11.6 Å². The summed E-state index contributed by atoms with van der Waals surface area (Å²) in [6, 6.07) is 7.92. The lowest BCUT2D eigenvalue weighted by Gasteiger charge is -2.28. The number of halogens is 1. The molecule has 18 heavy (non-hydrogen) atoms. The number of rotatable bonds is 7. The Kier molecular flexibility index (Phi) is 5.41. The summed E-state index contributed by atoms with van der Waals surface area (Å²) in [7, 11) is 0. The van der Waals surface area contributed by atoms with Crippen LogP contribution in [-0.4, -0.2) is 43.6 Å². The average Bonchev–Trinajstić information content (AvgIpc) is 2.30. The van der Waals surface area contributed by atoms with Crippen molar-refractivity contribution in [1.82, 2.24) is 5.32 Å². The molecule has 0 saturated carbocycles. The van der Waals surface area contributed by atoms with Gasteiger partial charge in [-0.2, -0.15) is 0 Å². The summed E-state index contributed by atoms with van der Waals surface area (Å²) in [4.78, 5) is 0. The maximum atomic E-state index is 9.70. The van der Waals surface area contributed by atoms with Gasteiger partial charge in [0.25, 0.3) is 0 Å². The second kappa shape index (κ2) is 7.07. The van der Waals surface area contributed by atoms with E-state index in [9.17, 15) is 5.11 Å². The zero-order valence-corrected chi connectivity index (χ0v) is 10.9. The number of aliphatic hydroxyl groups excluding tert-OH is 1. The SMILES string of the molecule is OC(CNC1COC1)COCc1ccccc1Cl.